The Bertz CT molecular complexity index is 949. The van der Waals surface area contributed by atoms with Crippen LogP contribution in [0, 0.1) is 13.8 Å². The van der Waals surface area contributed by atoms with Gasteiger partial charge in [0, 0.05) is 43.0 Å². The third kappa shape index (κ3) is 4.13. The number of H-pyrrole nitrogens is 1. The van der Waals surface area contributed by atoms with Crippen molar-refractivity contribution >= 4 is 17.2 Å². The minimum Gasteiger partial charge on any atom is -0.484 e. The van der Waals surface area contributed by atoms with E-state index in [9.17, 15) is 4.79 Å². The third-order valence-electron chi connectivity index (χ3n) is 5.06. The summed E-state index contributed by atoms with van der Waals surface area (Å²) in [5.74, 6) is 0.897. The highest BCUT2D eigenvalue weighted by atomic mass is 32.1. The molecule has 4 rings (SSSR count). The number of amides is 1. The van der Waals surface area contributed by atoms with Gasteiger partial charge < -0.3 is 15.0 Å². The molecule has 6 heteroatoms. The smallest absolute Gasteiger partial charge is 0.268 e. The number of hydrogen-bond donors (Lipinski definition) is 2. The van der Waals surface area contributed by atoms with E-state index in [1.54, 1.807) is 11.3 Å². The molecule has 2 N–H and O–H groups in total. The lowest BCUT2D eigenvalue weighted by Crippen LogP contribution is -2.36. The highest BCUT2D eigenvalue weighted by molar-refractivity contribution is 7.07. The number of aromatic amines is 1. The monoisotopic (exact) mass is 395 g/mol. The highest BCUT2D eigenvalue weighted by Gasteiger charge is 2.24. The first-order valence-corrected chi connectivity index (χ1v) is 10.5. The van der Waals surface area contributed by atoms with Crippen LogP contribution < -0.4 is 10.1 Å². The van der Waals surface area contributed by atoms with E-state index in [-0.39, 0.29) is 12.0 Å². The zero-order valence-electron chi connectivity index (χ0n) is 16.2. The van der Waals surface area contributed by atoms with Crippen LogP contribution in [0.3, 0.4) is 0 Å². The average Bonchev–Trinajstić information content (AvgIpc) is 3.27. The summed E-state index contributed by atoms with van der Waals surface area (Å²) in [5.41, 5.74) is 5.01. The molecule has 0 bridgehead atoms. The topological polar surface area (TPSA) is 57.4 Å². The summed E-state index contributed by atoms with van der Waals surface area (Å²) < 4.78 is 6.32. The van der Waals surface area contributed by atoms with Crippen LogP contribution in [0.4, 0.5) is 0 Å². The molecule has 0 radical (unpaired) electrons. The first kappa shape index (κ1) is 18.8. The van der Waals surface area contributed by atoms with Crippen molar-refractivity contribution in [1.82, 2.24) is 15.2 Å². The Kier molecular flexibility index (Phi) is 5.50. The van der Waals surface area contributed by atoms with Crippen LogP contribution in [0.15, 0.2) is 47.2 Å². The number of para-hydroxylation sites is 1. The minimum absolute atomic E-state index is 0.00102. The average molecular weight is 396 g/mol. The van der Waals surface area contributed by atoms with Gasteiger partial charge in [-0.05, 0) is 48.4 Å². The molecule has 0 unspecified atom stereocenters. The number of fused-ring (bicyclic) bond motifs is 1. The van der Waals surface area contributed by atoms with Crippen LogP contribution in [-0.4, -0.2) is 35.4 Å². The number of nitrogens with zero attached hydrogens (tertiary/aromatic N) is 1. The van der Waals surface area contributed by atoms with Crippen molar-refractivity contribution < 1.29 is 9.53 Å². The van der Waals surface area contributed by atoms with Crippen molar-refractivity contribution in [1.29, 1.82) is 0 Å². The number of ether oxygens (including phenoxy) is 1. The fraction of sp³-hybridized carbons (Fsp3) is 0.318. The minimum atomic E-state index is -0.0496. The van der Waals surface area contributed by atoms with Crippen LogP contribution in [0.2, 0.25) is 0 Å². The first-order valence-electron chi connectivity index (χ1n) is 9.53. The molecule has 28 heavy (non-hydrogen) atoms. The van der Waals surface area contributed by atoms with E-state index in [2.05, 4.69) is 38.1 Å². The molecule has 0 spiro atoms. The van der Waals surface area contributed by atoms with Gasteiger partial charge in [0.2, 0.25) is 0 Å². The fourth-order valence-corrected chi connectivity index (χ4v) is 4.36. The SMILES string of the molecule is Cc1cc(C)c(C(=O)NCCN2Cc3ccccc3O[C@H](c3ccsc3)C2)[nH]1. The second kappa shape index (κ2) is 8.20. The Morgan fingerprint density at radius 3 is 2.93 bits per heavy atom. The summed E-state index contributed by atoms with van der Waals surface area (Å²) in [6.07, 6.45) is -0.00102. The summed E-state index contributed by atoms with van der Waals surface area (Å²) >= 11 is 1.69. The lowest BCUT2D eigenvalue weighted by atomic mass is 10.2. The molecule has 146 valence electrons. The van der Waals surface area contributed by atoms with Gasteiger partial charge >= 0.3 is 0 Å². The van der Waals surface area contributed by atoms with Gasteiger partial charge in [-0.3, -0.25) is 9.69 Å². The largest absolute Gasteiger partial charge is 0.484 e. The number of carbonyl (C=O) groups is 1. The second-order valence-corrected chi connectivity index (χ2v) is 8.05. The molecule has 0 aliphatic carbocycles. The number of carbonyl (C=O) groups excluding carboxylic acids is 1. The second-order valence-electron chi connectivity index (χ2n) is 7.27. The molecule has 2 aromatic heterocycles. The molecule has 3 aromatic rings. The Morgan fingerprint density at radius 1 is 1.32 bits per heavy atom. The van der Waals surface area contributed by atoms with Crippen molar-refractivity contribution in [2.45, 2.75) is 26.5 Å². The van der Waals surface area contributed by atoms with E-state index in [0.717, 1.165) is 36.6 Å². The van der Waals surface area contributed by atoms with Gasteiger partial charge in [-0.2, -0.15) is 11.3 Å². The van der Waals surface area contributed by atoms with E-state index in [1.165, 1.54) is 11.1 Å². The van der Waals surface area contributed by atoms with E-state index in [0.29, 0.717) is 12.2 Å². The maximum absolute atomic E-state index is 12.5. The molecule has 5 nitrogen and oxygen atoms in total. The molecule has 1 aromatic carbocycles. The number of aryl methyl sites for hydroxylation is 2. The van der Waals surface area contributed by atoms with Gasteiger partial charge in [-0.1, -0.05) is 18.2 Å². The highest BCUT2D eigenvalue weighted by Crippen LogP contribution is 2.31. The predicted octanol–water partition coefficient (Wildman–Crippen LogP) is 4.06. The van der Waals surface area contributed by atoms with Gasteiger partial charge in [0.25, 0.3) is 5.91 Å². The van der Waals surface area contributed by atoms with Crippen molar-refractivity contribution in [3.8, 4) is 5.75 Å². The lowest BCUT2D eigenvalue weighted by Gasteiger charge is -2.23. The van der Waals surface area contributed by atoms with Crippen molar-refractivity contribution in [3.05, 3.63) is 75.2 Å². The lowest BCUT2D eigenvalue weighted by molar-refractivity contribution is 0.0938. The van der Waals surface area contributed by atoms with Crippen LogP contribution in [0.25, 0.3) is 0 Å². The van der Waals surface area contributed by atoms with Crippen LogP contribution in [-0.2, 0) is 6.54 Å². The van der Waals surface area contributed by atoms with Crippen LogP contribution in [0.1, 0.15) is 39.0 Å². The number of benzene rings is 1. The molecule has 1 amide bonds. The Balaban J connectivity index is 1.43. The van der Waals surface area contributed by atoms with Crippen LogP contribution >= 0.6 is 11.3 Å². The number of thiophene rings is 1. The van der Waals surface area contributed by atoms with Gasteiger partial charge in [0.15, 0.2) is 0 Å². The Labute approximate surface area is 169 Å². The molecule has 1 aliphatic heterocycles. The molecule has 1 atom stereocenters. The summed E-state index contributed by atoms with van der Waals surface area (Å²) in [6.45, 7) is 6.88. The van der Waals surface area contributed by atoms with Gasteiger partial charge in [-0.15, -0.1) is 0 Å². The van der Waals surface area contributed by atoms with Crippen molar-refractivity contribution in [3.63, 3.8) is 0 Å². The van der Waals surface area contributed by atoms with E-state index in [1.807, 2.05) is 38.1 Å². The van der Waals surface area contributed by atoms with E-state index >= 15 is 0 Å². The molecular formula is C22H25N3O2S. The number of aromatic nitrogens is 1. The van der Waals surface area contributed by atoms with E-state index < -0.39 is 0 Å². The van der Waals surface area contributed by atoms with Gasteiger partial charge in [0.05, 0.1) is 0 Å². The number of rotatable bonds is 5. The van der Waals surface area contributed by atoms with Crippen LogP contribution in [0.5, 0.6) is 5.75 Å². The van der Waals surface area contributed by atoms with Gasteiger partial charge in [-0.25, -0.2) is 0 Å². The third-order valence-corrected chi connectivity index (χ3v) is 5.77. The maximum Gasteiger partial charge on any atom is 0.268 e. The molecule has 3 heterocycles. The van der Waals surface area contributed by atoms with Crippen molar-refractivity contribution in [2.24, 2.45) is 0 Å². The van der Waals surface area contributed by atoms with E-state index in [4.69, 9.17) is 4.74 Å². The summed E-state index contributed by atoms with van der Waals surface area (Å²) in [4.78, 5) is 17.9. The molecule has 0 fully saturated rings. The molecule has 0 saturated carbocycles. The fourth-order valence-electron chi connectivity index (χ4n) is 3.66. The first-order chi connectivity index (χ1) is 13.6. The Morgan fingerprint density at radius 2 is 2.18 bits per heavy atom. The zero-order chi connectivity index (χ0) is 19.5. The summed E-state index contributed by atoms with van der Waals surface area (Å²) in [5, 5.41) is 7.28. The molecule has 1 aliphatic rings. The summed E-state index contributed by atoms with van der Waals surface area (Å²) in [7, 11) is 0. The Hall–Kier alpha value is -2.57. The molecular weight excluding hydrogens is 370 g/mol. The quantitative estimate of drug-likeness (QED) is 0.685. The predicted molar refractivity (Wildman–Crippen MR) is 112 cm³/mol. The number of nitrogens with one attached hydrogen (secondary N) is 2. The van der Waals surface area contributed by atoms with Crippen molar-refractivity contribution in [2.75, 3.05) is 19.6 Å². The maximum atomic E-state index is 12.5. The zero-order valence-corrected chi connectivity index (χ0v) is 17.0. The van der Waals surface area contributed by atoms with Gasteiger partial charge in [0.1, 0.15) is 17.5 Å². The standard InChI is InChI=1S/C22H25N3O2S/c1-15-11-16(2)24-21(15)22(26)23-8-9-25-12-17-5-3-4-6-19(17)27-20(13-25)18-7-10-28-14-18/h3-7,10-11,14,20,24H,8-9,12-13H2,1-2H3,(H,23,26)/t20-/m0/s1. The normalized spacial score (nSPS) is 16.9. The molecule has 0 saturated heterocycles. The number of hydrogen-bond acceptors (Lipinski definition) is 4. The summed E-state index contributed by atoms with van der Waals surface area (Å²) in [6, 6.07) is 12.3.